The van der Waals surface area contributed by atoms with Gasteiger partial charge in [-0.05, 0) is 37.3 Å². The van der Waals surface area contributed by atoms with Crippen molar-refractivity contribution < 1.29 is 4.84 Å². The fraction of sp³-hybridized carbons (Fsp3) is 0.467. The Kier molecular flexibility index (Phi) is 3.64. The first kappa shape index (κ1) is 12.2. The molecule has 1 aromatic heterocycles. The summed E-state index contributed by atoms with van der Waals surface area (Å²) in [6, 6.07) is 11.0. The Hall–Kier alpha value is -0.900. The zero-order valence-electron chi connectivity index (χ0n) is 10.7. The van der Waals surface area contributed by atoms with Gasteiger partial charge in [-0.2, -0.15) is 5.48 Å². The van der Waals surface area contributed by atoms with Crippen LogP contribution in [-0.4, -0.2) is 6.10 Å². The van der Waals surface area contributed by atoms with Gasteiger partial charge in [-0.15, -0.1) is 11.3 Å². The van der Waals surface area contributed by atoms with Crippen LogP contribution in [0.1, 0.15) is 43.5 Å². The molecular weight excluding hydrogens is 242 g/mol. The van der Waals surface area contributed by atoms with E-state index in [1.807, 2.05) is 11.3 Å². The Bertz CT molecular complexity index is 483. The first-order valence-corrected chi connectivity index (χ1v) is 7.54. The third-order valence-electron chi connectivity index (χ3n) is 3.59. The van der Waals surface area contributed by atoms with Crippen LogP contribution in [0.4, 0.5) is 0 Å². The van der Waals surface area contributed by atoms with Gasteiger partial charge in [-0.25, -0.2) is 0 Å². The number of hydrogen-bond acceptors (Lipinski definition) is 3. The molecule has 0 spiro atoms. The lowest BCUT2D eigenvalue weighted by molar-refractivity contribution is -0.0371. The van der Waals surface area contributed by atoms with Gasteiger partial charge in [0.25, 0.3) is 0 Å². The van der Waals surface area contributed by atoms with E-state index in [1.165, 1.54) is 40.6 Å². The highest BCUT2D eigenvalue weighted by atomic mass is 32.1. The zero-order valence-corrected chi connectivity index (χ0v) is 11.5. The molecule has 1 saturated carbocycles. The summed E-state index contributed by atoms with van der Waals surface area (Å²) >= 11 is 1.85. The standard InChI is InChI=1S/C15H19NOS/c1-11(16-17-13-7-3-4-8-13)15-10-12-6-2-5-9-14(12)18-15/h2,5-6,9-11,13,16H,3-4,7-8H2,1H3. The van der Waals surface area contributed by atoms with Crippen LogP contribution in [0.15, 0.2) is 30.3 Å². The van der Waals surface area contributed by atoms with Crippen molar-refractivity contribution in [2.45, 2.75) is 44.8 Å². The quantitative estimate of drug-likeness (QED) is 0.822. The van der Waals surface area contributed by atoms with Gasteiger partial charge in [-0.3, -0.25) is 4.84 Å². The number of fused-ring (bicyclic) bond motifs is 1. The molecule has 18 heavy (non-hydrogen) atoms. The summed E-state index contributed by atoms with van der Waals surface area (Å²) in [5.74, 6) is 0. The minimum absolute atomic E-state index is 0.267. The van der Waals surface area contributed by atoms with Gasteiger partial charge in [-0.1, -0.05) is 31.0 Å². The average molecular weight is 261 g/mol. The lowest BCUT2D eigenvalue weighted by atomic mass is 10.2. The molecule has 1 unspecified atom stereocenters. The van der Waals surface area contributed by atoms with E-state index in [0.717, 1.165) is 0 Å². The maximum atomic E-state index is 5.77. The number of rotatable bonds is 4. The third-order valence-corrected chi connectivity index (χ3v) is 4.88. The summed E-state index contributed by atoms with van der Waals surface area (Å²) < 4.78 is 1.35. The van der Waals surface area contributed by atoms with Crippen molar-refractivity contribution in [3.05, 3.63) is 35.2 Å². The van der Waals surface area contributed by atoms with Crippen molar-refractivity contribution in [1.29, 1.82) is 0 Å². The Balaban J connectivity index is 1.65. The lowest BCUT2D eigenvalue weighted by Gasteiger charge is -2.16. The average Bonchev–Trinajstić information content (AvgIpc) is 3.04. The van der Waals surface area contributed by atoms with Crippen LogP contribution >= 0.6 is 11.3 Å². The lowest BCUT2D eigenvalue weighted by Crippen LogP contribution is -2.24. The van der Waals surface area contributed by atoms with Crippen LogP contribution in [0.2, 0.25) is 0 Å². The minimum atomic E-state index is 0.267. The summed E-state index contributed by atoms with van der Waals surface area (Å²) in [6.45, 7) is 2.17. The molecule has 1 N–H and O–H groups in total. The van der Waals surface area contributed by atoms with Gasteiger partial charge in [0.15, 0.2) is 0 Å². The van der Waals surface area contributed by atoms with Crippen LogP contribution in [0.3, 0.4) is 0 Å². The van der Waals surface area contributed by atoms with E-state index in [0.29, 0.717) is 6.10 Å². The Morgan fingerprint density at radius 1 is 1.28 bits per heavy atom. The van der Waals surface area contributed by atoms with Gasteiger partial charge in [0.1, 0.15) is 0 Å². The van der Waals surface area contributed by atoms with Gasteiger partial charge < -0.3 is 0 Å². The first-order chi connectivity index (χ1) is 8.83. The third kappa shape index (κ3) is 2.58. The molecule has 0 radical (unpaired) electrons. The summed E-state index contributed by atoms with van der Waals surface area (Å²) in [7, 11) is 0. The second-order valence-electron chi connectivity index (χ2n) is 5.05. The molecule has 2 nitrogen and oxygen atoms in total. The molecule has 1 fully saturated rings. The molecule has 0 amide bonds. The molecule has 1 aromatic carbocycles. The van der Waals surface area contributed by atoms with Crippen molar-refractivity contribution in [2.24, 2.45) is 0 Å². The molecule has 0 bridgehead atoms. The number of hydroxylamine groups is 1. The molecule has 0 saturated heterocycles. The predicted octanol–water partition coefficient (Wildman–Crippen LogP) is 4.43. The van der Waals surface area contributed by atoms with E-state index in [4.69, 9.17) is 4.84 Å². The smallest absolute Gasteiger partial charge is 0.0790 e. The van der Waals surface area contributed by atoms with Gasteiger partial charge in [0.05, 0.1) is 12.1 Å². The summed E-state index contributed by atoms with van der Waals surface area (Å²) in [6.07, 6.45) is 5.44. The van der Waals surface area contributed by atoms with E-state index in [-0.39, 0.29) is 6.04 Å². The first-order valence-electron chi connectivity index (χ1n) is 6.72. The fourth-order valence-corrected chi connectivity index (χ4v) is 3.53. The fourth-order valence-electron chi connectivity index (χ4n) is 2.48. The van der Waals surface area contributed by atoms with Crippen molar-refractivity contribution in [3.63, 3.8) is 0 Å². The van der Waals surface area contributed by atoms with Crippen molar-refractivity contribution in [1.82, 2.24) is 5.48 Å². The molecule has 0 aliphatic heterocycles. The van der Waals surface area contributed by atoms with Gasteiger partial charge >= 0.3 is 0 Å². The van der Waals surface area contributed by atoms with Gasteiger partial charge in [0.2, 0.25) is 0 Å². The van der Waals surface area contributed by atoms with Crippen LogP contribution in [-0.2, 0) is 4.84 Å². The van der Waals surface area contributed by atoms with Crippen molar-refractivity contribution >= 4 is 21.4 Å². The number of benzene rings is 1. The molecule has 3 rings (SSSR count). The molecule has 3 heteroatoms. The summed E-state index contributed by atoms with van der Waals surface area (Å²) in [5, 5.41) is 1.33. The molecular formula is C15H19NOS. The van der Waals surface area contributed by atoms with E-state index in [2.05, 4.69) is 42.7 Å². The van der Waals surface area contributed by atoms with E-state index in [1.54, 1.807) is 0 Å². The van der Waals surface area contributed by atoms with Crippen LogP contribution in [0, 0.1) is 0 Å². The van der Waals surface area contributed by atoms with E-state index < -0.39 is 0 Å². The van der Waals surface area contributed by atoms with Crippen LogP contribution < -0.4 is 5.48 Å². The largest absolute Gasteiger partial charge is 0.298 e. The van der Waals surface area contributed by atoms with Crippen LogP contribution in [0.25, 0.3) is 10.1 Å². The van der Waals surface area contributed by atoms with Crippen molar-refractivity contribution in [3.8, 4) is 0 Å². The normalized spacial score (nSPS) is 18.5. The highest BCUT2D eigenvalue weighted by Crippen LogP contribution is 2.30. The zero-order chi connectivity index (χ0) is 12.4. The molecule has 96 valence electrons. The van der Waals surface area contributed by atoms with E-state index in [9.17, 15) is 0 Å². The SMILES string of the molecule is CC(NOC1CCCC1)c1cc2ccccc2s1. The van der Waals surface area contributed by atoms with Gasteiger partial charge in [0, 0.05) is 9.58 Å². The topological polar surface area (TPSA) is 21.3 Å². The van der Waals surface area contributed by atoms with Crippen LogP contribution in [0.5, 0.6) is 0 Å². The highest BCUT2D eigenvalue weighted by Gasteiger charge is 2.17. The molecule has 1 atom stereocenters. The number of hydrogen-bond donors (Lipinski definition) is 1. The molecule has 2 aromatic rings. The summed E-state index contributed by atoms with van der Waals surface area (Å²) in [4.78, 5) is 7.11. The second kappa shape index (κ2) is 5.39. The Labute approximate surface area is 112 Å². The Morgan fingerprint density at radius 3 is 2.83 bits per heavy atom. The highest BCUT2D eigenvalue weighted by molar-refractivity contribution is 7.19. The molecule has 1 aliphatic carbocycles. The van der Waals surface area contributed by atoms with Crippen molar-refractivity contribution in [2.75, 3.05) is 0 Å². The Morgan fingerprint density at radius 2 is 2.06 bits per heavy atom. The molecule has 1 aliphatic rings. The number of nitrogens with one attached hydrogen (secondary N) is 1. The van der Waals surface area contributed by atoms with E-state index >= 15 is 0 Å². The molecule has 1 heterocycles. The second-order valence-corrected chi connectivity index (χ2v) is 6.17. The maximum Gasteiger partial charge on any atom is 0.0790 e. The summed E-state index contributed by atoms with van der Waals surface area (Å²) in [5.41, 5.74) is 3.21. The minimum Gasteiger partial charge on any atom is -0.298 e. The maximum absolute atomic E-state index is 5.77. The number of thiophene rings is 1. The predicted molar refractivity (Wildman–Crippen MR) is 76.7 cm³/mol. The monoisotopic (exact) mass is 261 g/mol.